The van der Waals surface area contributed by atoms with Crippen molar-refractivity contribution in [2.75, 3.05) is 5.32 Å². The Morgan fingerprint density at radius 1 is 1.33 bits per heavy atom. The van der Waals surface area contributed by atoms with Crippen molar-refractivity contribution < 1.29 is 4.79 Å². The first-order valence-corrected chi connectivity index (χ1v) is 7.04. The van der Waals surface area contributed by atoms with Crippen LogP contribution in [0, 0.1) is 5.92 Å². The van der Waals surface area contributed by atoms with Crippen LogP contribution in [0.5, 0.6) is 0 Å². The van der Waals surface area contributed by atoms with Crippen LogP contribution in [0.2, 0.25) is 0 Å². The second-order valence-corrected chi connectivity index (χ2v) is 6.21. The number of rotatable bonds is 4. The summed E-state index contributed by atoms with van der Waals surface area (Å²) in [5.74, 6) is -0.356. The van der Waals surface area contributed by atoms with E-state index >= 15 is 0 Å². The molecule has 1 fully saturated rings. The molecule has 98 valence electrons. The standard InChI is InChI=1S/C14H17Cl2NO/c1-3-9-6-5-7-10(4-2)12(9)17-13(18)11-8-14(11,15)16/h5-7,11H,3-4,8H2,1-2H3,(H,17,18)/t11-/m0/s1. The van der Waals surface area contributed by atoms with Crippen LogP contribution < -0.4 is 5.32 Å². The topological polar surface area (TPSA) is 29.1 Å². The number of alkyl halides is 2. The first-order valence-electron chi connectivity index (χ1n) is 6.29. The van der Waals surface area contributed by atoms with E-state index in [9.17, 15) is 4.79 Å². The quantitative estimate of drug-likeness (QED) is 0.834. The number of carbonyl (C=O) groups excluding carboxylic acids is 1. The molecule has 18 heavy (non-hydrogen) atoms. The number of anilines is 1. The first-order chi connectivity index (χ1) is 8.49. The van der Waals surface area contributed by atoms with Crippen LogP contribution in [-0.4, -0.2) is 10.2 Å². The molecule has 0 saturated heterocycles. The van der Waals surface area contributed by atoms with Gasteiger partial charge in [0.25, 0.3) is 0 Å². The van der Waals surface area contributed by atoms with Crippen molar-refractivity contribution in [3.05, 3.63) is 29.3 Å². The summed E-state index contributed by atoms with van der Waals surface area (Å²) in [4.78, 5) is 12.0. The van der Waals surface area contributed by atoms with Gasteiger partial charge in [-0.15, -0.1) is 23.2 Å². The zero-order chi connectivity index (χ0) is 13.3. The third kappa shape index (κ3) is 2.65. The minimum Gasteiger partial charge on any atom is -0.325 e. The Morgan fingerprint density at radius 2 is 1.83 bits per heavy atom. The number of benzene rings is 1. The fraction of sp³-hybridized carbons (Fsp3) is 0.500. The lowest BCUT2D eigenvalue weighted by Crippen LogP contribution is -2.19. The lowest BCUT2D eigenvalue weighted by atomic mass is 10.0. The van der Waals surface area contributed by atoms with Gasteiger partial charge >= 0.3 is 0 Å². The van der Waals surface area contributed by atoms with Gasteiger partial charge in [0.1, 0.15) is 4.33 Å². The average Bonchev–Trinajstić information content (AvgIpc) is 2.98. The van der Waals surface area contributed by atoms with Crippen LogP contribution in [0.3, 0.4) is 0 Å². The molecule has 2 rings (SSSR count). The van der Waals surface area contributed by atoms with Gasteiger partial charge in [-0.2, -0.15) is 0 Å². The number of amides is 1. The fourth-order valence-electron chi connectivity index (χ4n) is 2.11. The maximum absolute atomic E-state index is 12.0. The molecule has 0 spiro atoms. The second kappa shape index (κ2) is 5.10. The highest BCUT2D eigenvalue weighted by atomic mass is 35.5. The van der Waals surface area contributed by atoms with E-state index in [1.165, 1.54) is 0 Å². The molecule has 0 radical (unpaired) electrons. The lowest BCUT2D eigenvalue weighted by Gasteiger charge is -2.14. The van der Waals surface area contributed by atoms with Crippen LogP contribution >= 0.6 is 23.2 Å². The molecule has 0 bridgehead atoms. The van der Waals surface area contributed by atoms with Crippen LogP contribution in [0.1, 0.15) is 31.4 Å². The monoisotopic (exact) mass is 285 g/mol. The summed E-state index contributed by atoms with van der Waals surface area (Å²) in [5, 5.41) is 2.99. The van der Waals surface area contributed by atoms with Gasteiger partial charge < -0.3 is 5.32 Å². The van der Waals surface area contributed by atoms with E-state index in [-0.39, 0.29) is 11.8 Å². The summed E-state index contributed by atoms with van der Waals surface area (Å²) in [5.41, 5.74) is 3.24. The molecule has 1 aromatic rings. The normalized spacial score (nSPS) is 20.6. The van der Waals surface area contributed by atoms with E-state index < -0.39 is 4.33 Å². The summed E-state index contributed by atoms with van der Waals surface area (Å²) in [7, 11) is 0. The number of carbonyl (C=O) groups is 1. The van der Waals surface area contributed by atoms with Gasteiger partial charge in [-0.05, 0) is 30.4 Å². The molecular weight excluding hydrogens is 269 g/mol. The maximum atomic E-state index is 12.0. The molecule has 1 saturated carbocycles. The summed E-state index contributed by atoms with van der Waals surface area (Å²) >= 11 is 11.8. The Labute approximate surface area is 118 Å². The first kappa shape index (κ1) is 13.7. The molecule has 1 aliphatic rings. The van der Waals surface area contributed by atoms with Crippen molar-refractivity contribution >= 4 is 34.8 Å². The van der Waals surface area contributed by atoms with Crippen LogP contribution in [0.4, 0.5) is 5.69 Å². The molecule has 1 atom stereocenters. The molecular formula is C14H17Cl2NO. The van der Waals surface area contributed by atoms with E-state index in [1.807, 2.05) is 18.2 Å². The van der Waals surface area contributed by atoms with Crippen LogP contribution in [-0.2, 0) is 17.6 Å². The Kier molecular flexibility index (Phi) is 3.88. The number of nitrogens with one attached hydrogen (secondary N) is 1. The molecule has 1 N–H and O–H groups in total. The van der Waals surface area contributed by atoms with Crippen molar-refractivity contribution in [2.24, 2.45) is 5.92 Å². The van der Waals surface area contributed by atoms with Gasteiger partial charge in [-0.3, -0.25) is 4.79 Å². The Bertz CT molecular complexity index is 449. The molecule has 0 heterocycles. The number of para-hydroxylation sites is 1. The SMILES string of the molecule is CCc1cccc(CC)c1NC(=O)[C@@H]1CC1(Cl)Cl. The van der Waals surface area contributed by atoms with E-state index in [4.69, 9.17) is 23.2 Å². The highest BCUT2D eigenvalue weighted by Crippen LogP contribution is 2.53. The van der Waals surface area contributed by atoms with Gasteiger partial charge in [-0.25, -0.2) is 0 Å². The van der Waals surface area contributed by atoms with Crippen molar-refractivity contribution in [3.8, 4) is 0 Å². The lowest BCUT2D eigenvalue weighted by molar-refractivity contribution is -0.117. The van der Waals surface area contributed by atoms with Crippen LogP contribution in [0.25, 0.3) is 0 Å². The Balaban J connectivity index is 2.20. The molecule has 0 unspecified atom stereocenters. The number of hydrogen-bond donors (Lipinski definition) is 1. The highest BCUT2D eigenvalue weighted by molar-refractivity contribution is 6.52. The summed E-state index contributed by atoms with van der Waals surface area (Å²) in [6, 6.07) is 6.10. The van der Waals surface area contributed by atoms with E-state index in [2.05, 4.69) is 19.2 Å². The van der Waals surface area contributed by atoms with Crippen molar-refractivity contribution in [1.82, 2.24) is 0 Å². The van der Waals surface area contributed by atoms with Crippen molar-refractivity contribution in [3.63, 3.8) is 0 Å². The number of aryl methyl sites for hydroxylation is 2. The second-order valence-electron chi connectivity index (χ2n) is 4.67. The van der Waals surface area contributed by atoms with Gasteiger partial charge in [-0.1, -0.05) is 32.0 Å². The highest BCUT2D eigenvalue weighted by Gasteiger charge is 2.56. The average molecular weight is 286 g/mol. The molecule has 0 aliphatic heterocycles. The van der Waals surface area contributed by atoms with Gasteiger partial charge in [0.15, 0.2) is 0 Å². The zero-order valence-corrected chi connectivity index (χ0v) is 12.1. The third-order valence-electron chi connectivity index (χ3n) is 3.39. The minimum atomic E-state index is -0.863. The predicted octanol–water partition coefficient (Wildman–Crippen LogP) is 3.94. The Hall–Kier alpha value is -0.730. The fourth-order valence-corrected chi connectivity index (χ4v) is 2.62. The smallest absolute Gasteiger partial charge is 0.230 e. The van der Waals surface area contributed by atoms with Crippen molar-refractivity contribution in [1.29, 1.82) is 0 Å². The van der Waals surface area contributed by atoms with E-state index in [1.54, 1.807) is 0 Å². The maximum Gasteiger partial charge on any atom is 0.230 e. The van der Waals surface area contributed by atoms with Crippen LogP contribution in [0.15, 0.2) is 18.2 Å². The zero-order valence-electron chi connectivity index (χ0n) is 10.6. The van der Waals surface area contributed by atoms with Crippen molar-refractivity contribution in [2.45, 2.75) is 37.4 Å². The molecule has 2 nitrogen and oxygen atoms in total. The molecule has 4 heteroatoms. The summed E-state index contributed by atoms with van der Waals surface area (Å²) < 4.78 is -0.863. The minimum absolute atomic E-state index is 0.0735. The van der Waals surface area contributed by atoms with Gasteiger partial charge in [0.2, 0.25) is 5.91 Å². The number of hydrogen-bond acceptors (Lipinski definition) is 1. The van der Waals surface area contributed by atoms with Gasteiger partial charge in [0.05, 0.1) is 5.92 Å². The van der Waals surface area contributed by atoms with E-state index in [0.717, 1.165) is 29.7 Å². The third-order valence-corrected chi connectivity index (χ3v) is 4.22. The molecule has 1 aromatic carbocycles. The summed E-state index contributed by atoms with van der Waals surface area (Å²) in [6.45, 7) is 4.16. The largest absolute Gasteiger partial charge is 0.325 e. The summed E-state index contributed by atoms with van der Waals surface area (Å²) in [6.07, 6.45) is 2.32. The predicted molar refractivity (Wildman–Crippen MR) is 76.4 cm³/mol. The molecule has 1 amide bonds. The number of halogens is 2. The van der Waals surface area contributed by atoms with Gasteiger partial charge in [0, 0.05) is 5.69 Å². The Morgan fingerprint density at radius 3 is 2.22 bits per heavy atom. The molecule has 1 aliphatic carbocycles. The molecule has 0 aromatic heterocycles. The van der Waals surface area contributed by atoms with E-state index in [0.29, 0.717) is 6.42 Å².